The molecule has 0 saturated heterocycles. The number of hydrogen-bond acceptors (Lipinski definition) is 5. The van der Waals surface area contributed by atoms with E-state index >= 15 is 0 Å². The summed E-state index contributed by atoms with van der Waals surface area (Å²) >= 11 is 1.38. The van der Waals surface area contributed by atoms with Crippen LogP contribution in [0.2, 0.25) is 0 Å². The van der Waals surface area contributed by atoms with Crippen LogP contribution in [0.1, 0.15) is 5.56 Å². The van der Waals surface area contributed by atoms with Crippen molar-refractivity contribution in [1.29, 1.82) is 0 Å². The van der Waals surface area contributed by atoms with Crippen molar-refractivity contribution in [3.8, 4) is 21.7 Å². The molecule has 0 aliphatic carbocycles. The number of sulfone groups is 1. The number of hydrogen-bond donors (Lipinski definition) is 1. The molecule has 0 saturated carbocycles. The van der Waals surface area contributed by atoms with Crippen molar-refractivity contribution in [2.75, 3.05) is 11.6 Å². The second-order valence-corrected chi connectivity index (χ2v) is 9.79. The minimum atomic E-state index is -3.43. The minimum Gasteiger partial charge on any atom is -0.357 e. The van der Waals surface area contributed by atoms with Crippen LogP contribution in [0.15, 0.2) is 83.8 Å². The SMILES string of the molecule is CS(=O)(=O)c1ccccc1-c1sc(NCc2ccccc2)nc1-c1ccc(F)cc1. The van der Waals surface area contributed by atoms with Crippen LogP contribution in [-0.2, 0) is 16.4 Å². The number of aromatic nitrogens is 1. The first kappa shape index (κ1) is 20.3. The molecule has 3 aromatic carbocycles. The Kier molecular flexibility index (Phi) is 5.65. The molecule has 4 nitrogen and oxygen atoms in total. The van der Waals surface area contributed by atoms with Crippen LogP contribution in [0, 0.1) is 5.82 Å². The monoisotopic (exact) mass is 438 g/mol. The summed E-state index contributed by atoms with van der Waals surface area (Å²) in [6.07, 6.45) is 1.19. The van der Waals surface area contributed by atoms with Gasteiger partial charge in [0.15, 0.2) is 15.0 Å². The van der Waals surface area contributed by atoms with Crippen molar-refractivity contribution in [3.63, 3.8) is 0 Å². The first-order valence-electron chi connectivity index (χ1n) is 9.26. The number of rotatable bonds is 6. The first-order valence-corrected chi connectivity index (χ1v) is 12.0. The van der Waals surface area contributed by atoms with Crippen molar-refractivity contribution in [2.45, 2.75) is 11.4 Å². The lowest BCUT2D eigenvalue weighted by Crippen LogP contribution is -1.99. The van der Waals surface area contributed by atoms with Crippen molar-refractivity contribution in [2.24, 2.45) is 0 Å². The number of nitrogens with zero attached hydrogens (tertiary/aromatic N) is 1. The fourth-order valence-corrected chi connectivity index (χ4v) is 5.12. The predicted molar refractivity (Wildman–Crippen MR) is 120 cm³/mol. The number of anilines is 1. The third-order valence-electron chi connectivity index (χ3n) is 4.56. The zero-order valence-corrected chi connectivity index (χ0v) is 17.8. The normalized spacial score (nSPS) is 11.4. The van der Waals surface area contributed by atoms with Gasteiger partial charge in [0, 0.05) is 23.9 Å². The van der Waals surface area contributed by atoms with E-state index in [4.69, 9.17) is 4.98 Å². The fourth-order valence-electron chi connectivity index (χ4n) is 3.13. The molecule has 7 heteroatoms. The van der Waals surface area contributed by atoms with Crippen LogP contribution in [0.25, 0.3) is 21.7 Å². The summed E-state index contributed by atoms with van der Waals surface area (Å²) in [5.74, 6) is -0.338. The Balaban J connectivity index is 1.81. The summed E-state index contributed by atoms with van der Waals surface area (Å²) < 4.78 is 38.2. The lowest BCUT2D eigenvalue weighted by molar-refractivity contribution is 0.602. The highest BCUT2D eigenvalue weighted by Crippen LogP contribution is 2.41. The maximum absolute atomic E-state index is 13.5. The molecule has 0 fully saturated rings. The van der Waals surface area contributed by atoms with Gasteiger partial charge in [0.2, 0.25) is 0 Å². The second-order valence-electron chi connectivity index (χ2n) is 6.81. The molecule has 0 aliphatic heterocycles. The van der Waals surface area contributed by atoms with Crippen molar-refractivity contribution >= 4 is 26.3 Å². The Morgan fingerprint density at radius 2 is 1.60 bits per heavy atom. The standard InChI is InChI=1S/C23H19FN2O2S2/c1-30(27,28)20-10-6-5-9-19(20)22-21(17-11-13-18(24)14-12-17)26-23(29-22)25-15-16-7-3-2-4-8-16/h2-14H,15H2,1H3,(H,25,26). The smallest absolute Gasteiger partial charge is 0.184 e. The van der Waals surface area contributed by atoms with Gasteiger partial charge >= 0.3 is 0 Å². The van der Waals surface area contributed by atoms with Crippen LogP contribution in [-0.4, -0.2) is 19.7 Å². The largest absolute Gasteiger partial charge is 0.357 e. The van der Waals surface area contributed by atoms with Crippen LogP contribution in [0.3, 0.4) is 0 Å². The first-order chi connectivity index (χ1) is 14.4. The third-order valence-corrected chi connectivity index (χ3v) is 6.76. The topological polar surface area (TPSA) is 59.1 Å². The third kappa shape index (κ3) is 4.42. The van der Waals surface area contributed by atoms with Gasteiger partial charge in [0.25, 0.3) is 0 Å². The fraction of sp³-hybridized carbons (Fsp3) is 0.0870. The molecule has 1 heterocycles. The molecule has 0 unspecified atom stereocenters. The zero-order valence-electron chi connectivity index (χ0n) is 16.2. The molecule has 4 rings (SSSR count). The Morgan fingerprint density at radius 3 is 2.30 bits per heavy atom. The number of thiazole rings is 1. The van der Waals surface area contributed by atoms with E-state index in [1.807, 2.05) is 30.3 Å². The molecule has 4 aromatic rings. The highest BCUT2D eigenvalue weighted by Gasteiger charge is 2.21. The van der Waals surface area contributed by atoms with E-state index in [1.165, 1.54) is 29.7 Å². The molecule has 0 bridgehead atoms. The van der Waals surface area contributed by atoms with E-state index in [0.29, 0.717) is 22.9 Å². The molecule has 0 radical (unpaired) electrons. The van der Waals surface area contributed by atoms with Gasteiger partial charge in [-0.05, 0) is 35.9 Å². The van der Waals surface area contributed by atoms with Crippen LogP contribution >= 0.6 is 11.3 Å². The maximum Gasteiger partial charge on any atom is 0.184 e. The molecular weight excluding hydrogens is 419 g/mol. The molecule has 0 spiro atoms. The Hall–Kier alpha value is -3.03. The van der Waals surface area contributed by atoms with Crippen LogP contribution < -0.4 is 5.32 Å². The summed E-state index contributed by atoms with van der Waals surface area (Å²) in [6.45, 7) is 0.588. The van der Waals surface area contributed by atoms with Gasteiger partial charge < -0.3 is 5.32 Å². The van der Waals surface area contributed by atoms with Crippen LogP contribution in [0.5, 0.6) is 0 Å². The van der Waals surface area contributed by atoms with Crippen molar-refractivity contribution in [3.05, 3.63) is 90.2 Å². The summed E-state index contributed by atoms with van der Waals surface area (Å²) in [4.78, 5) is 5.68. The lowest BCUT2D eigenvalue weighted by atomic mass is 10.1. The van der Waals surface area contributed by atoms with E-state index in [1.54, 1.807) is 36.4 Å². The summed E-state index contributed by atoms with van der Waals surface area (Å²) in [6, 6.07) is 22.8. The molecule has 152 valence electrons. The molecule has 30 heavy (non-hydrogen) atoms. The average Bonchev–Trinajstić information content (AvgIpc) is 3.17. The van der Waals surface area contributed by atoms with Gasteiger partial charge in [0.05, 0.1) is 15.5 Å². The van der Waals surface area contributed by atoms with Crippen molar-refractivity contribution in [1.82, 2.24) is 4.98 Å². The molecule has 0 aliphatic rings. The van der Waals surface area contributed by atoms with E-state index in [9.17, 15) is 12.8 Å². The van der Waals surface area contributed by atoms with Gasteiger partial charge in [-0.1, -0.05) is 59.9 Å². The van der Waals surface area contributed by atoms with Gasteiger partial charge in [-0.3, -0.25) is 0 Å². The molecular formula is C23H19FN2O2S2. The Labute approximate surface area is 179 Å². The van der Waals surface area contributed by atoms with E-state index in [0.717, 1.165) is 16.0 Å². The van der Waals surface area contributed by atoms with Gasteiger partial charge in [-0.15, -0.1) is 0 Å². The molecule has 1 aromatic heterocycles. The van der Waals surface area contributed by atoms with Crippen LogP contribution in [0.4, 0.5) is 9.52 Å². The summed E-state index contributed by atoms with van der Waals surface area (Å²) in [7, 11) is -3.43. The quantitative estimate of drug-likeness (QED) is 0.424. The number of nitrogens with one attached hydrogen (secondary N) is 1. The molecule has 1 N–H and O–H groups in total. The highest BCUT2D eigenvalue weighted by molar-refractivity contribution is 7.90. The Bertz CT molecular complexity index is 1270. The maximum atomic E-state index is 13.5. The summed E-state index contributed by atoms with van der Waals surface area (Å²) in [5, 5.41) is 3.98. The van der Waals surface area contributed by atoms with E-state index in [2.05, 4.69) is 5.32 Å². The zero-order chi connectivity index (χ0) is 21.1. The van der Waals surface area contributed by atoms with Gasteiger partial charge in [-0.25, -0.2) is 17.8 Å². The van der Waals surface area contributed by atoms with E-state index in [-0.39, 0.29) is 10.7 Å². The highest BCUT2D eigenvalue weighted by atomic mass is 32.2. The van der Waals surface area contributed by atoms with Gasteiger partial charge in [0.1, 0.15) is 5.82 Å². The Morgan fingerprint density at radius 1 is 0.933 bits per heavy atom. The van der Waals surface area contributed by atoms with E-state index < -0.39 is 9.84 Å². The van der Waals surface area contributed by atoms with Gasteiger partial charge in [-0.2, -0.15) is 0 Å². The van der Waals surface area contributed by atoms with Crippen molar-refractivity contribution < 1.29 is 12.8 Å². The second kappa shape index (κ2) is 8.38. The molecule has 0 atom stereocenters. The average molecular weight is 439 g/mol. The number of halogens is 1. The summed E-state index contributed by atoms with van der Waals surface area (Å²) in [5.41, 5.74) is 3.03. The minimum absolute atomic E-state index is 0.242. The molecule has 0 amide bonds. The lowest BCUT2D eigenvalue weighted by Gasteiger charge is -2.08. The number of benzene rings is 3. The predicted octanol–water partition coefficient (Wildman–Crippen LogP) is 5.63.